The molecule has 0 radical (unpaired) electrons. The van der Waals surface area contributed by atoms with Gasteiger partial charge in [-0.1, -0.05) is 13.8 Å². The van der Waals surface area contributed by atoms with E-state index in [-0.39, 0.29) is 0 Å². The van der Waals surface area contributed by atoms with Crippen molar-refractivity contribution in [2.75, 3.05) is 6.54 Å². The first kappa shape index (κ1) is 11.2. The average Bonchev–Trinajstić information content (AvgIpc) is 2.64. The Morgan fingerprint density at radius 2 is 2.14 bits per heavy atom. The van der Waals surface area contributed by atoms with E-state index < -0.39 is 0 Å². The van der Waals surface area contributed by atoms with Crippen LogP contribution in [0.15, 0.2) is 12.4 Å². The highest BCUT2D eigenvalue weighted by Crippen LogP contribution is 2.13. The zero-order chi connectivity index (χ0) is 10.6. The molecular weight excluding hydrogens is 174 g/mol. The smallest absolute Gasteiger partial charge is 0.108 e. The van der Waals surface area contributed by atoms with Gasteiger partial charge in [-0.05, 0) is 20.4 Å². The van der Waals surface area contributed by atoms with Gasteiger partial charge < -0.3 is 9.88 Å². The third-order valence-electron chi connectivity index (χ3n) is 2.75. The second-order valence-corrected chi connectivity index (χ2v) is 3.69. The molecule has 3 nitrogen and oxygen atoms in total. The molecule has 2 atom stereocenters. The van der Waals surface area contributed by atoms with Crippen LogP contribution in [0.2, 0.25) is 0 Å². The molecule has 0 fully saturated rings. The van der Waals surface area contributed by atoms with E-state index in [9.17, 15) is 0 Å². The van der Waals surface area contributed by atoms with Crippen LogP contribution in [0.4, 0.5) is 0 Å². The fourth-order valence-electron chi connectivity index (χ4n) is 1.72. The molecule has 0 aromatic carbocycles. The predicted octanol–water partition coefficient (Wildman–Crippen LogP) is 2.00. The summed E-state index contributed by atoms with van der Waals surface area (Å²) in [5.74, 6) is 1.17. The molecule has 0 aliphatic rings. The molecule has 0 saturated carbocycles. The van der Waals surface area contributed by atoms with Crippen LogP contribution in [0.5, 0.6) is 0 Å². The molecule has 1 rings (SSSR count). The highest BCUT2D eigenvalue weighted by atomic mass is 15.1. The van der Waals surface area contributed by atoms with Gasteiger partial charge in [0.15, 0.2) is 0 Å². The maximum atomic E-state index is 4.33. The summed E-state index contributed by atoms with van der Waals surface area (Å²) in [6.07, 6.45) is 4.95. The van der Waals surface area contributed by atoms with Crippen LogP contribution in [-0.4, -0.2) is 22.1 Å². The van der Waals surface area contributed by atoms with E-state index >= 15 is 0 Å². The van der Waals surface area contributed by atoms with Crippen molar-refractivity contribution in [2.45, 2.75) is 46.2 Å². The minimum Gasteiger partial charge on any atom is -0.331 e. The zero-order valence-electron chi connectivity index (χ0n) is 9.62. The van der Waals surface area contributed by atoms with Crippen LogP contribution in [0, 0.1) is 0 Å². The van der Waals surface area contributed by atoms with Gasteiger partial charge in [-0.2, -0.15) is 0 Å². The molecule has 1 heterocycles. The van der Waals surface area contributed by atoms with E-state index in [1.165, 1.54) is 5.82 Å². The number of nitrogens with zero attached hydrogens (tertiary/aromatic N) is 2. The predicted molar refractivity (Wildman–Crippen MR) is 59.5 cm³/mol. The molecule has 0 amide bonds. The summed E-state index contributed by atoms with van der Waals surface area (Å²) in [5.41, 5.74) is 0. The van der Waals surface area contributed by atoms with E-state index in [1.54, 1.807) is 0 Å². The first-order chi connectivity index (χ1) is 6.70. The Bertz CT molecular complexity index is 267. The number of aromatic nitrogens is 2. The summed E-state index contributed by atoms with van der Waals surface area (Å²) in [4.78, 5) is 4.33. The van der Waals surface area contributed by atoms with Gasteiger partial charge in [-0.25, -0.2) is 4.98 Å². The van der Waals surface area contributed by atoms with Crippen LogP contribution in [0.1, 0.15) is 39.6 Å². The molecule has 80 valence electrons. The fourth-order valence-corrected chi connectivity index (χ4v) is 1.72. The van der Waals surface area contributed by atoms with Crippen LogP contribution in [0.3, 0.4) is 0 Å². The number of hydrogen-bond donors (Lipinski definition) is 1. The lowest BCUT2D eigenvalue weighted by Crippen LogP contribution is -2.33. The van der Waals surface area contributed by atoms with E-state index in [4.69, 9.17) is 0 Å². The third-order valence-corrected chi connectivity index (χ3v) is 2.75. The number of aryl methyl sites for hydroxylation is 1. The van der Waals surface area contributed by atoms with Gasteiger partial charge in [-0.15, -0.1) is 0 Å². The molecule has 14 heavy (non-hydrogen) atoms. The summed E-state index contributed by atoms with van der Waals surface area (Å²) < 4.78 is 2.26. The highest BCUT2D eigenvalue weighted by molar-refractivity contribution is 4.95. The first-order valence-electron chi connectivity index (χ1n) is 5.45. The Morgan fingerprint density at radius 3 is 2.71 bits per heavy atom. The van der Waals surface area contributed by atoms with Crippen molar-refractivity contribution in [2.24, 2.45) is 0 Å². The topological polar surface area (TPSA) is 29.9 Å². The Morgan fingerprint density at radius 1 is 1.43 bits per heavy atom. The summed E-state index contributed by atoms with van der Waals surface area (Å²) in [7, 11) is 0. The lowest BCUT2D eigenvalue weighted by molar-refractivity contribution is 0.391. The van der Waals surface area contributed by atoms with Gasteiger partial charge in [-0.3, -0.25) is 0 Å². The van der Waals surface area contributed by atoms with E-state index in [1.807, 2.05) is 6.20 Å². The van der Waals surface area contributed by atoms with Gasteiger partial charge in [0.05, 0.1) is 0 Å². The Hall–Kier alpha value is -0.830. The highest BCUT2D eigenvalue weighted by Gasteiger charge is 2.14. The van der Waals surface area contributed by atoms with E-state index in [2.05, 4.69) is 48.8 Å². The lowest BCUT2D eigenvalue weighted by Gasteiger charge is -2.23. The third kappa shape index (κ3) is 2.35. The van der Waals surface area contributed by atoms with Crippen LogP contribution in [-0.2, 0) is 6.42 Å². The minimum atomic E-state index is 0.465. The van der Waals surface area contributed by atoms with Gasteiger partial charge in [0.1, 0.15) is 5.82 Å². The summed E-state index contributed by atoms with van der Waals surface area (Å²) in [6.45, 7) is 9.74. The molecule has 3 heteroatoms. The molecule has 2 unspecified atom stereocenters. The van der Waals surface area contributed by atoms with Crippen molar-refractivity contribution in [3.05, 3.63) is 18.2 Å². The van der Waals surface area contributed by atoms with Gasteiger partial charge in [0.25, 0.3) is 0 Å². The SMILES string of the molecule is CCNC(C)C(C)n1ccnc1CC. The maximum Gasteiger partial charge on any atom is 0.108 e. The normalized spacial score (nSPS) is 15.4. The second-order valence-electron chi connectivity index (χ2n) is 3.69. The van der Waals surface area contributed by atoms with Crippen molar-refractivity contribution in [1.82, 2.24) is 14.9 Å². The average molecular weight is 195 g/mol. The molecular formula is C11H21N3. The standard InChI is InChI=1S/C11H21N3/c1-5-11-13-7-8-14(11)10(4)9(3)12-6-2/h7-10,12H,5-6H2,1-4H3. The number of rotatable bonds is 5. The monoisotopic (exact) mass is 195 g/mol. The molecule has 0 aliphatic heterocycles. The fraction of sp³-hybridized carbons (Fsp3) is 0.727. The van der Waals surface area contributed by atoms with Crippen LogP contribution < -0.4 is 5.32 Å². The number of likely N-dealkylation sites (N-methyl/N-ethyl adjacent to an activating group) is 1. The minimum absolute atomic E-state index is 0.465. The first-order valence-corrected chi connectivity index (χ1v) is 5.45. The Labute approximate surface area is 86.5 Å². The maximum absolute atomic E-state index is 4.33. The molecule has 0 spiro atoms. The van der Waals surface area contributed by atoms with E-state index in [0.717, 1.165) is 13.0 Å². The van der Waals surface area contributed by atoms with Gasteiger partial charge >= 0.3 is 0 Å². The number of hydrogen-bond acceptors (Lipinski definition) is 2. The van der Waals surface area contributed by atoms with Gasteiger partial charge in [0.2, 0.25) is 0 Å². The van der Waals surface area contributed by atoms with Crippen LogP contribution in [0.25, 0.3) is 0 Å². The van der Waals surface area contributed by atoms with E-state index in [0.29, 0.717) is 12.1 Å². The quantitative estimate of drug-likeness (QED) is 0.779. The zero-order valence-corrected chi connectivity index (χ0v) is 9.62. The molecule has 0 bridgehead atoms. The van der Waals surface area contributed by atoms with Crippen molar-refractivity contribution in [3.8, 4) is 0 Å². The van der Waals surface area contributed by atoms with Crippen molar-refractivity contribution in [3.63, 3.8) is 0 Å². The van der Waals surface area contributed by atoms with Crippen molar-refractivity contribution in [1.29, 1.82) is 0 Å². The number of imidazole rings is 1. The summed E-state index contributed by atoms with van der Waals surface area (Å²) in [6, 6.07) is 0.951. The van der Waals surface area contributed by atoms with Crippen molar-refractivity contribution >= 4 is 0 Å². The van der Waals surface area contributed by atoms with Crippen molar-refractivity contribution < 1.29 is 0 Å². The second kappa shape index (κ2) is 5.15. The van der Waals surface area contributed by atoms with Crippen LogP contribution >= 0.6 is 0 Å². The van der Waals surface area contributed by atoms with Gasteiger partial charge in [0, 0.05) is 30.9 Å². The molecule has 0 saturated heterocycles. The summed E-state index contributed by atoms with van der Waals surface area (Å²) >= 11 is 0. The molecule has 1 aromatic rings. The lowest BCUT2D eigenvalue weighted by atomic mass is 10.1. The number of nitrogens with one attached hydrogen (secondary N) is 1. The Balaban J connectivity index is 2.72. The Kier molecular flexibility index (Phi) is 4.14. The summed E-state index contributed by atoms with van der Waals surface area (Å²) in [5, 5.41) is 3.44. The molecule has 0 aliphatic carbocycles. The molecule has 1 N–H and O–H groups in total. The largest absolute Gasteiger partial charge is 0.331 e. The molecule has 1 aromatic heterocycles.